The van der Waals surface area contributed by atoms with Crippen molar-refractivity contribution in [2.24, 2.45) is 11.7 Å². The van der Waals surface area contributed by atoms with Crippen molar-refractivity contribution in [1.29, 1.82) is 0 Å². The van der Waals surface area contributed by atoms with Crippen LogP contribution in [0.5, 0.6) is 0 Å². The van der Waals surface area contributed by atoms with E-state index in [0.717, 1.165) is 6.66 Å². The van der Waals surface area contributed by atoms with Crippen LogP contribution in [0.25, 0.3) is 0 Å². The molecule has 0 aliphatic rings. The van der Waals surface area contributed by atoms with Gasteiger partial charge in [0.2, 0.25) is 0 Å². The number of Topliss-reactive ketones (excluding diaryl/α,β-unsaturated/α-hetero) is 1. The maximum absolute atomic E-state index is 10.5. The van der Waals surface area contributed by atoms with E-state index in [-0.39, 0.29) is 40.0 Å². The Morgan fingerprint density at radius 2 is 1.38 bits per heavy atom. The predicted octanol–water partition coefficient (Wildman–Crippen LogP) is 2.26. The lowest BCUT2D eigenvalue weighted by Crippen LogP contribution is -2.33. The monoisotopic (exact) mass is 259 g/mol. The molecule has 0 saturated heterocycles. The van der Waals surface area contributed by atoms with Crippen LogP contribution < -0.4 is 5.73 Å². The van der Waals surface area contributed by atoms with Gasteiger partial charge >= 0.3 is 7.60 Å². The first-order valence-corrected chi connectivity index (χ1v) is 5.90. The smallest absolute Gasteiger partial charge is 0.322 e. The van der Waals surface area contributed by atoms with Gasteiger partial charge in [0.25, 0.3) is 0 Å². The van der Waals surface area contributed by atoms with Crippen molar-refractivity contribution in [3.8, 4) is 0 Å². The van der Waals surface area contributed by atoms with Crippen LogP contribution in [0.3, 0.4) is 0 Å². The van der Waals surface area contributed by atoms with Crippen LogP contribution in [0.1, 0.15) is 43.1 Å². The van der Waals surface area contributed by atoms with Crippen LogP contribution in [0.4, 0.5) is 0 Å². The second-order valence-corrected chi connectivity index (χ2v) is 4.89. The van der Waals surface area contributed by atoms with Gasteiger partial charge in [-0.15, -0.1) is 0 Å². The second kappa shape index (κ2) is 12.8. The highest BCUT2D eigenvalue weighted by Crippen LogP contribution is 2.26. The quantitative estimate of drug-likeness (QED) is 0.660. The molecule has 16 heavy (non-hydrogen) atoms. The van der Waals surface area contributed by atoms with E-state index in [2.05, 4.69) is 0 Å². The lowest BCUT2D eigenvalue weighted by Gasteiger charge is -2.09. The summed E-state index contributed by atoms with van der Waals surface area (Å²) in [5.74, 6) is 0.340. The normalized spacial score (nSPS) is 10.8. The van der Waals surface area contributed by atoms with Crippen molar-refractivity contribution in [2.75, 3.05) is 6.66 Å². The fraction of sp³-hybridized carbons (Fsp3) is 0.900. The molecular formula is C10H30NO4P. The Labute approximate surface area is 101 Å². The second-order valence-electron chi connectivity index (χ2n) is 3.22. The zero-order valence-corrected chi connectivity index (χ0v) is 9.28. The standard InChI is InChI=1S/C6H13NO.CH5O3P.3CH4/c1-4(2)6(7)5(3)8;1-5(2,3)4;;;/h4,6H,7H2,1-3H3;1H3,(H2,2,3,4);3*1H4/t6-;;;;/m0..../s1. The first kappa shape index (κ1) is 29.7. The molecule has 0 radical (unpaired) electrons. The molecule has 0 aliphatic heterocycles. The molecule has 0 saturated carbocycles. The molecule has 6 heteroatoms. The fourth-order valence-corrected chi connectivity index (χ4v) is 0.469. The summed E-state index contributed by atoms with van der Waals surface area (Å²) in [6, 6.07) is -0.269. The van der Waals surface area contributed by atoms with E-state index in [1.165, 1.54) is 6.92 Å². The highest BCUT2D eigenvalue weighted by Gasteiger charge is 2.10. The molecule has 0 aromatic rings. The minimum absolute atomic E-state index is 0. The Morgan fingerprint density at radius 1 is 1.19 bits per heavy atom. The summed E-state index contributed by atoms with van der Waals surface area (Å²) in [5, 5.41) is 0. The third-order valence-corrected chi connectivity index (χ3v) is 1.19. The maximum atomic E-state index is 10.5. The Morgan fingerprint density at radius 3 is 1.38 bits per heavy atom. The van der Waals surface area contributed by atoms with E-state index in [9.17, 15) is 9.36 Å². The molecule has 1 atom stereocenters. The van der Waals surface area contributed by atoms with Gasteiger partial charge in [-0.05, 0) is 12.8 Å². The first-order valence-electron chi connectivity index (χ1n) is 3.84. The Balaban J connectivity index is -0.0000000454. The van der Waals surface area contributed by atoms with Gasteiger partial charge in [-0.3, -0.25) is 9.36 Å². The van der Waals surface area contributed by atoms with Crippen molar-refractivity contribution in [1.82, 2.24) is 0 Å². The van der Waals surface area contributed by atoms with Gasteiger partial charge in [0.1, 0.15) is 5.78 Å². The van der Waals surface area contributed by atoms with E-state index in [1.807, 2.05) is 13.8 Å². The molecule has 0 fully saturated rings. The summed E-state index contributed by atoms with van der Waals surface area (Å²) in [6.45, 7) is 6.25. The minimum atomic E-state index is -3.64. The van der Waals surface area contributed by atoms with Gasteiger partial charge in [-0.2, -0.15) is 0 Å². The molecule has 0 amide bonds. The van der Waals surface area contributed by atoms with Crippen LogP contribution in [-0.2, 0) is 9.36 Å². The zero-order valence-electron chi connectivity index (χ0n) is 8.39. The fourth-order valence-electron chi connectivity index (χ4n) is 0.469. The largest absolute Gasteiger partial charge is 0.325 e. The number of carbonyl (C=O) groups is 1. The van der Waals surface area contributed by atoms with Crippen molar-refractivity contribution >= 4 is 13.4 Å². The van der Waals surface area contributed by atoms with E-state index >= 15 is 0 Å². The Hall–Kier alpha value is -0.220. The van der Waals surface area contributed by atoms with Crippen LogP contribution in [0.15, 0.2) is 0 Å². The van der Waals surface area contributed by atoms with Crippen molar-refractivity contribution in [3.05, 3.63) is 0 Å². The number of hydrogen-bond acceptors (Lipinski definition) is 3. The van der Waals surface area contributed by atoms with Gasteiger partial charge in [-0.25, -0.2) is 0 Å². The molecule has 0 aromatic carbocycles. The topological polar surface area (TPSA) is 101 Å². The van der Waals surface area contributed by atoms with Crippen LogP contribution in [0.2, 0.25) is 0 Å². The molecule has 0 heterocycles. The molecule has 0 unspecified atom stereocenters. The third kappa shape index (κ3) is 37.2. The molecule has 0 spiro atoms. The average molecular weight is 259 g/mol. The number of hydrogen-bond donors (Lipinski definition) is 3. The van der Waals surface area contributed by atoms with E-state index in [4.69, 9.17) is 15.5 Å². The van der Waals surface area contributed by atoms with Gasteiger partial charge in [0.05, 0.1) is 6.04 Å². The lowest BCUT2D eigenvalue weighted by molar-refractivity contribution is -0.119. The van der Waals surface area contributed by atoms with E-state index in [1.54, 1.807) is 0 Å². The van der Waals surface area contributed by atoms with Crippen molar-refractivity contribution in [2.45, 2.75) is 49.1 Å². The first-order chi connectivity index (χ1) is 5.55. The maximum Gasteiger partial charge on any atom is 0.322 e. The Bertz CT molecular complexity index is 193. The molecule has 0 rings (SSSR count). The summed E-state index contributed by atoms with van der Waals surface area (Å²) in [5.41, 5.74) is 5.41. The summed E-state index contributed by atoms with van der Waals surface area (Å²) in [6.07, 6.45) is 0. The van der Waals surface area contributed by atoms with Gasteiger partial charge in [0.15, 0.2) is 0 Å². The molecule has 5 nitrogen and oxygen atoms in total. The van der Waals surface area contributed by atoms with Crippen molar-refractivity contribution in [3.63, 3.8) is 0 Å². The molecule has 0 aliphatic carbocycles. The van der Waals surface area contributed by atoms with Crippen LogP contribution in [-0.4, -0.2) is 28.3 Å². The van der Waals surface area contributed by atoms with Crippen LogP contribution in [0, 0.1) is 5.92 Å². The Kier molecular flexibility index (Phi) is 23.8. The molecule has 4 N–H and O–H groups in total. The average Bonchev–Trinajstić information content (AvgIpc) is 1.81. The predicted molar refractivity (Wildman–Crippen MR) is 71.7 cm³/mol. The van der Waals surface area contributed by atoms with E-state index in [0.29, 0.717) is 0 Å². The highest BCUT2D eigenvalue weighted by atomic mass is 31.2. The van der Waals surface area contributed by atoms with E-state index < -0.39 is 7.60 Å². The van der Waals surface area contributed by atoms with Gasteiger partial charge < -0.3 is 15.5 Å². The lowest BCUT2D eigenvalue weighted by atomic mass is 10.0. The minimum Gasteiger partial charge on any atom is -0.325 e. The third-order valence-electron chi connectivity index (χ3n) is 1.19. The summed E-state index contributed by atoms with van der Waals surface area (Å²) < 4.78 is 9.33. The highest BCUT2D eigenvalue weighted by molar-refractivity contribution is 7.50. The number of rotatable bonds is 2. The number of ketones is 1. The molecule has 0 bridgehead atoms. The number of carbonyl (C=O) groups excluding carboxylic acids is 1. The molecule has 0 aromatic heterocycles. The zero-order chi connectivity index (χ0) is 11.2. The molecular weight excluding hydrogens is 229 g/mol. The molecule has 104 valence electrons. The van der Waals surface area contributed by atoms with Gasteiger partial charge in [0, 0.05) is 6.66 Å². The summed E-state index contributed by atoms with van der Waals surface area (Å²) in [7, 11) is -3.64. The van der Waals surface area contributed by atoms with Gasteiger partial charge in [-0.1, -0.05) is 36.1 Å². The van der Waals surface area contributed by atoms with Crippen LogP contribution >= 0.6 is 7.60 Å². The van der Waals surface area contributed by atoms with Crippen molar-refractivity contribution < 1.29 is 19.1 Å². The summed E-state index contributed by atoms with van der Waals surface area (Å²) >= 11 is 0. The summed E-state index contributed by atoms with van der Waals surface area (Å²) in [4.78, 5) is 25.7. The number of nitrogens with two attached hydrogens (primary N) is 1. The SMILES string of the molecule is C.C.C.CC(=O)[C@@H](N)C(C)C.CP(=O)(O)O.